The van der Waals surface area contributed by atoms with E-state index in [4.69, 9.17) is 4.42 Å². The highest BCUT2D eigenvalue weighted by Crippen LogP contribution is 2.28. The van der Waals surface area contributed by atoms with E-state index in [9.17, 15) is 4.79 Å². The van der Waals surface area contributed by atoms with Gasteiger partial charge in [-0.2, -0.15) is 0 Å². The minimum absolute atomic E-state index is 0.0332. The lowest BCUT2D eigenvalue weighted by molar-refractivity contribution is -0.117. The van der Waals surface area contributed by atoms with E-state index in [-0.39, 0.29) is 5.91 Å². The highest BCUT2D eigenvalue weighted by molar-refractivity contribution is 5.96. The van der Waals surface area contributed by atoms with Gasteiger partial charge in [0.15, 0.2) is 0 Å². The molecule has 1 aliphatic heterocycles. The van der Waals surface area contributed by atoms with Crippen LogP contribution in [0.25, 0.3) is 11.3 Å². The lowest BCUT2D eigenvalue weighted by Crippen LogP contribution is -2.31. The van der Waals surface area contributed by atoms with E-state index < -0.39 is 0 Å². The number of nitrogens with zero attached hydrogens (tertiary/aromatic N) is 1. The Hall–Kier alpha value is -2.07. The number of nitrogens with one attached hydrogen (secondary N) is 1. The number of hydrogen-bond acceptors (Lipinski definition) is 3. The zero-order chi connectivity index (χ0) is 13.8. The maximum Gasteiger partial charge on any atom is 0.238 e. The molecule has 0 atom stereocenters. The minimum Gasteiger partial charge on any atom is -0.464 e. The van der Waals surface area contributed by atoms with Crippen molar-refractivity contribution in [3.05, 3.63) is 42.7 Å². The van der Waals surface area contributed by atoms with Crippen molar-refractivity contribution in [3.8, 4) is 11.3 Å². The van der Waals surface area contributed by atoms with Gasteiger partial charge in [-0.1, -0.05) is 12.1 Å². The average Bonchev–Trinajstić information content (AvgIpc) is 3.11. The first kappa shape index (κ1) is 12.9. The summed E-state index contributed by atoms with van der Waals surface area (Å²) in [5.41, 5.74) is 1.71. The van der Waals surface area contributed by atoms with E-state index in [1.807, 2.05) is 36.4 Å². The van der Waals surface area contributed by atoms with Crippen molar-refractivity contribution in [2.75, 3.05) is 25.0 Å². The molecule has 104 valence electrons. The highest BCUT2D eigenvalue weighted by atomic mass is 16.3. The zero-order valence-electron chi connectivity index (χ0n) is 11.3. The Morgan fingerprint density at radius 1 is 1.15 bits per heavy atom. The van der Waals surface area contributed by atoms with Gasteiger partial charge in [0.2, 0.25) is 5.91 Å². The maximum atomic E-state index is 12.1. The molecule has 4 heteroatoms. The van der Waals surface area contributed by atoms with Gasteiger partial charge in [-0.25, -0.2) is 0 Å². The molecule has 0 bridgehead atoms. The number of carbonyl (C=O) groups excluding carboxylic acids is 1. The summed E-state index contributed by atoms with van der Waals surface area (Å²) in [6.45, 7) is 2.51. The average molecular weight is 270 g/mol. The van der Waals surface area contributed by atoms with Crippen LogP contribution in [0.5, 0.6) is 0 Å². The van der Waals surface area contributed by atoms with Crippen LogP contribution in [0, 0.1) is 0 Å². The summed E-state index contributed by atoms with van der Waals surface area (Å²) >= 11 is 0. The Labute approximate surface area is 118 Å². The monoisotopic (exact) mass is 270 g/mol. The van der Waals surface area contributed by atoms with Crippen LogP contribution in [0.1, 0.15) is 12.8 Å². The first-order valence-electron chi connectivity index (χ1n) is 6.98. The minimum atomic E-state index is 0.0332. The van der Waals surface area contributed by atoms with Gasteiger partial charge in [0.25, 0.3) is 0 Å². The van der Waals surface area contributed by atoms with Gasteiger partial charge >= 0.3 is 0 Å². The molecule has 0 unspecified atom stereocenters. The lowest BCUT2D eigenvalue weighted by atomic mass is 10.1. The molecule has 1 aromatic heterocycles. The third-order valence-electron chi connectivity index (χ3n) is 3.55. The van der Waals surface area contributed by atoms with Crippen molar-refractivity contribution in [3.63, 3.8) is 0 Å². The molecule has 1 N–H and O–H groups in total. The molecule has 0 saturated carbocycles. The number of hydrogen-bond donors (Lipinski definition) is 1. The van der Waals surface area contributed by atoms with Crippen molar-refractivity contribution < 1.29 is 9.21 Å². The van der Waals surface area contributed by atoms with Gasteiger partial charge in [0.1, 0.15) is 5.76 Å². The first-order valence-corrected chi connectivity index (χ1v) is 6.98. The van der Waals surface area contributed by atoms with E-state index in [0.717, 1.165) is 30.1 Å². The molecule has 3 rings (SSSR count). The molecule has 0 aliphatic carbocycles. The number of benzene rings is 1. The van der Waals surface area contributed by atoms with Crippen molar-refractivity contribution in [2.45, 2.75) is 12.8 Å². The smallest absolute Gasteiger partial charge is 0.238 e. The lowest BCUT2D eigenvalue weighted by Gasteiger charge is -2.15. The maximum absolute atomic E-state index is 12.1. The molecular weight excluding hydrogens is 252 g/mol. The molecule has 2 heterocycles. The fraction of sp³-hybridized carbons (Fsp3) is 0.312. The summed E-state index contributed by atoms with van der Waals surface area (Å²) in [5.74, 6) is 0.799. The van der Waals surface area contributed by atoms with E-state index in [1.54, 1.807) is 6.26 Å². The summed E-state index contributed by atoms with van der Waals surface area (Å²) in [6, 6.07) is 11.4. The second-order valence-electron chi connectivity index (χ2n) is 5.05. The van der Waals surface area contributed by atoms with Crippen LogP contribution in [-0.2, 0) is 4.79 Å². The van der Waals surface area contributed by atoms with Crippen LogP contribution in [0.2, 0.25) is 0 Å². The van der Waals surface area contributed by atoms with Crippen LogP contribution < -0.4 is 5.32 Å². The fourth-order valence-corrected chi connectivity index (χ4v) is 2.57. The Bertz CT molecular complexity index is 572. The molecule has 0 spiro atoms. The molecule has 1 amide bonds. The quantitative estimate of drug-likeness (QED) is 0.929. The molecular formula is C16H18N2O2. The predicted molar refractivity (Wildman–Crippen MR) is 78.4 cm³/mol. The Kier molecular flexibility index (Phi) is 3.83. The topological polar surface area (TPSA) is 45.5 Å². The number of rotatable bonds is 4. The molecule has 1 fully saturated rings. The Morgan fingerprint density at radius 2 is 1.95 bits per heavy atom. The van der Waals surface area contributed by atoms with Crippen molar-refractivity contribution in [2.24, 2.45) is 0 Å². The third kappa shape index (κ3) is 2.91. The molecule has 4 nitrogen and oxygen atoms in total. The second kappa shape index (κ2) is 5.92. The fourth-order valence-electron chi connectivity index (χ4n) is 2.57. The van der Waals surface area contributed by atoms with Crippen molar-refractivity contribution >= 4 is 11.6 Å². The summed E-state index contributed by atoms with van der Waals surface area (Å²) in [7, 11) is 0. The summed E-state index contributed by atoms with van der Waals surface area (Å²) in [6.07, 6.45) is 4.02. The summed E-state index contributed by atoms with van der Waals surface area (Å²) in [4.78, 5) is 14.3. The van der Waals surface area contributed by atoms with Crippen LogP contribution in [-0.4, -0.2) is 30.4 Å². The van der Waals surface area contributed by atoms with Gasteiger partial charge in [-0.3, -0.25) is 9.69 Å². The zero-order valence-corrected chi connectivity index (χ0v) is 11.3. The van der Waals surface area contributed by atoms with Gasteiger partial charge in [0, 0.05) is 5.56 Å². The van der Waals surface area contributed by atoms with E-state index in [1.165, 1.54) is 12.8 Å². The largest absolute Gasteiger partial charge is 0.464 e. The predicted octanol–water partition coefficient (Wildman–Crippen LogP) is 2.98. The van der Waals surface area contributed by atoms with Crippen LogP contribution in [0.3, 0.4) is 0 Å². The molecule has 1 aromatic carbocycles. The molecule has 2 aromatic rings. The normalized spacial score (nSPS) is 15.4. The summed E-state index contributed by atoms with van der Waals surface area (Å²) in [5, 5.41) is 2.99. The number of carbonyl (C=O) groups is 1. The van der Waals surface area contributed by atoms with Gasteiger partial charge in [-0.05, 0) is 50.2 Å². The SMILES string of the molecule is O=C(CN1CCCC1)Nc1ccccc1-c1ccco1. The van der Waals surface area contributed by atoms with E-state index in [2.05, 4.69) is 10.2 Å². The van der Waals surface area contributed by atoms with Crippen LogP contribution in [0.15, 0.2) is 47.1 Å². The Balaban J connectivity index is 1.72. The number of para-hydroxylation sites is 1. The first-order chi connectivity index (χ1) is 9.83. The molecule has 0 radical (unpaired) electrons. The summed E-state index contributed by atoms with van der Waals surface area (Å²) < 4.78 is 5.41. The number of furan rings is 1. The van der Waals surface area contributed by atoms with E-state index >= 15 is 0 Å². The third-order valence-corrected chi connectivity index (χ3v) is 3.55. The highest BCUT2D eigenvalue weighted by Gasteiger charge is 2.16. The molecule has 1 saturated heterocycles. The van der Waals surface area contributed by atoms with Gasteiger partial charge in [0.05, 0.1) is 18.5 Å². The number of anilines is 1. The number of amides is 1. The van der Waals surface area contributed by atoms with Crippen LogP contribution in [0.4, 0.5) is 5.69 Å². The van der Waals surface area contributed by atoms with Gasteiger partial charge in [-0.15, -0.1) is 0 Å². The second-order valence-corrected chi connectivity index (χ2v) is 5.05. The molecule has 20 heavy (non-hydrogen) atoms. The van der Waals surface area contributed by atoms with E-state index in [0.29, 0.717) is 6.54 Å². The van der Waals surface area contributed by atoms with Crippen LogP contribution >= 0.6 is 0 Å². The van der Waals surface area contributed by atoms with Crippen molar-refractivity contribution in [1.82, 2.24) is 4.90 Å². The number of likely N-dealkylation sites (tertiary alicyclic amines) is 1. The standard InChI is InChI=1S/C16H18N2O2/c19-16(12-18-9-3-4-10-18)17-14-7-2-1-6-13(14)15-8-5-11-20-15/h1-2,5-8,11H,3-4,9-10,12H2,(H,17,19). The Morgan fingerprint density at radius 3 is 2.70 bits per heavy atom. The van der Waals surface area contributed by atoms with Gasteiger partial charge < -0.3 is 9.73 Å². The van der Waals surface area contributed by atoms with Crippen molar-refractivity contribution in [1.29, 1.82) is 0 Å². The molecule has 1 aliphatic rings.